The first-order chi connectivity index (χ1) is 10.9. The highest BCUT2D eigenvalue weighted by Gasteiger charge is 2.32. The lowest BCUT2D eigenvalue weighted by molar-refractivity contribution is -0.138. The number of hydrogen-bond donors (Lipinski definition) is 2. The number of benzene rings is 1. The van der Waals surface area contributed by atoms with Gasteiger partial charge in [0.2, 0.25) is 5.91 Å². The van der Waals surface area contributed by atoms with Crippen molar-refractivity contribution < 1.29 is 28.2 Å². The number of nitrogens with zero attached hydrogens (tertiary/aromatic N) is 2. The molecule has 2 rings (SSSR count). The molecule has 23 heavy (non-hydrogen) atoms. The Labute approximate surface area is 133 Å². The highest BCUT2D eigenvalue weighted by molar-refractivity contribution is 8.15. The van der Waals surface area contributed by atoms with Gasteiger partial charge in [0.25, 0.3) is 0 Å². The van der Waals surface area contributed by atoms with Crippen LogP contribution < -0.4 is 10.1 Å². The van der Waals surface area contributed by atoms with Crippen LogP contribution in [0.2, 0.25) is 0 Å². The van der Waals surface area contributed by atoms with Gasteiger partial charge in [0, 0.05) is 12.1 Å². The molecule has 1 atom stereocenters. The van der Waals surface area contributed by atoms with Crippen LogP contribution >= 0.6 is 11.8 Å². The molecule has 0 radical (unpaired) electrons. The second kappa shape index (κ2) is 7.18. The highest BCUT2D eigenvalue weighted by Crippen LogP contribution is 2.23. The van der Waals surface area contributed by atoms with E-state index in [1.54, 1.807) is 0 Å². The number of carbonyl (C=O) groups excluding carboxylic acids is 1. The molecule has 7 nitrogen and oxygen atoms in total. The van der Waals surface area contributed by atoms with E-state index in [1.807, 2.05) is 0 Å². The Kier molecular flexibility index (Phi) is 5.27. The van der Waals surface area contributed by atoms with Crippen molar-refractivity contribution in [2.75, 3.05) is 7.11 Å². The minimum atomic E-state index is -1.11. The van der Waals surface area contributed by atoms with Crippen molar-refractivity contribution >= 4 is 35.0 Å². The second-order valence-electron chi connectivity index (χ2n) is 4.35. The van der Waals surface area contributed by atoms with Crippen molar-refractivity contribution in [3.63, 3.8) is 0 Å². The Morgan fingerprint density at radius 2 is 2.26 bits per heavy atom. The third kappa shape index (κ3) is 4.25. The second-order valence-corrected chi connectivity index (χ2v) is 5.54. The minimum absolute atomic E-state index is 0.0571. The summed E-state index contributed by atoms with van der Waals surface area (Å²) in [6.45, 7) is 0. The van der Waals surface area contributed by atoms with E-state index in [-0.39, 0.29) is 22.9 Å². The molecule has 0 spiro atoms. The third-order valence-electron chi connectivity index (χ3n) is 2.75. The number of thioether (sulfide) groups is 1. The first-order valence-electron chi connectivity index (χ1n) is 6.24. The molecule has 1 amide bonds. The molecule has 2 N–H and O–H groups in total. The molecule has 1 aliphatic rings. The summed E-state index contributed by atoms with van der Waals surface area (Å²) in [7, 11) is 1.25. The van der Waals surface area contributed by atoms with Crippen LogP contribution in [-0.4, -0.2) is 40.7 Å². The maximum Gasteiger partial charge on any atom is 0.305 e. The van der Waals surface area contributed by atoms with Gasteiger partial charge in [-0.05, 0) is 0 Å². The minimum Gasteiger partial charge on any atom is -0.496 e. The van der Waals surface area contributed by atoms with Gasteiger partial charge in [0.15, 0.2) is 5.17 Å². The maximum absolute atomic E-state index is 13.7. The molecule has 0 saturated carbocycles. The number of carbonyl (C=O) groups is 2. The molecule has 10 heteroatoms. The van der Waals surface area contributed by atoms with Crippen molar-refractivity contribution in [3.8, 4) is 5.75 Å². The SMILES string of the molecule is COc1cc(F)cc(F)c1C=NN=C1NC(=O)C(CC(=O)O)S1. The van der Waals surface area contributed by atoms with E-state index in [2.05, 4.69) is 15.5 Å². The topological polar surface area (TPSA) is 100 Å². The Morgan fingerprint density at radius 3 is 2.91 bits per heavy atom. The number of rotatable bonds is 5. The van der Waals surface area contributed by atoms with Crippen LogP contribution in [-0.2, 0) is 9.59 Å². The summed E-state index contributed by atoms with van der Waals surface area (Å²) >= 11 is 0.909. The zero-order valence-corrected chi connectivity index (χ0v) is 12.6. The fourth-order valence-electron chi connectivity index (χ4n) is 1.74. The highest BCUT2D eigenvalue weighted by atomic mass is 32.2. The standard InChI is InChI=1S/C13H11F2N3O4S/c1-22-9-3-6(14)2-8(15)7(9)5-16-18-13-17-12(21)10(23-13)4-11(19)20/h2-3,5,10H,4H2,1H3,(H,19,20)(H,17,18,21). The van der Waals surface area contributed by atoms with Crippen molar-refractivity contribution in [1.82, 2.24) is 5.32 Å². The van der Waals surface area contributed by atoms with Crippen LogP contribution in [0.4, 0.5) is 8.78 Å². The third-order valence-corrected chi connectivity index (χ3v) is 3.82. The van der Waals surface area contributed by atoms with Gasteiger partial charge >= 0.3 is 5.97 Å². The Bertz CT molecular complexity index is 709. The monoisotopic (exact) mass is 343 g/mol. The smallest absolute Gasteiger partial charge is 0.305 e. The van der Waals surface area contributed by atoms with E-state index in [0.717, 1.165) is 24.0 Å². The summed E-state index contributed by atoms with van der Waals surface area (Å²) in [5.74, 6) is -3.33. The number of carboxylic acid groups (broad SMARTS) is 1. The fraction of sp³-hybridized carbons (Fsp3) is 0.231. The number of halogens is 2. The van der Waals surface area contributed by atoms with Crippen molar-refractivity contribution in [2.45, 2.75) is 11.7 Å². The predicted octanol–water partition coefficient (Wildman–Crippen LogP) is 1.37. The number of amides is 1. The van der Waals surface area contributed by atoms with Crippen LogP contribution in [0.1, 0.15) is 12.0 Å². The number of hydrogen-bond acceptors (Lipinski definition) is 6. The molecule has 1 fully saturated rings. The lowest BCUT2D eigenvalue weighted by atomic mass is 10.2. The first kappa shape index (κ1) is 16.9. The van der Waals surface area contributed by atoms with E-state index >= 15 is 0 Å². The molecule has 0 aromatic heterocycles. The Balaban J connectivity index is 2.13. The van der Waals surface area contributed by atoms with Crippen LogP contribution in [0.15, 0.2) is 22.3 Å². The largest absolute Gasteiger partial charge is 0.496 e. The quantitative estimate of drug-likeness (QED) is 0.621. The number of amidine groups is 1. The maximum atomic E-state index is 13.7. The fourth-order valence-corrected chi connectivity index (χ4v) is 2.65. The summed E-state index contributed by atoms with van der Waals surface area (Å²) in [6.07, 6.45) is 0.664. The van der Waals surface area contributed by atoms with Crippen molar-refractivity contribution in [3.05, 3.63) is 29.3 Å². The molecule has 1 saturated heterocycles. The molecule has 0 bridgehead atoms. The Hall–Kier alpha value is -2.49. The zero-order chi connectivity index (χ0) is 17.0. The summed E-state index contributed by atoms with van der Waals surface area (Å²) in [4.78, 5) is 22.1. The normalized spacial score (nSPS) is 19.3. The lowest BCUT2D eigenvalue weighted by Gasteiger charge is -2.04. The van der Waals surface area contributed by atoms with Gasteiger partial charge in [-0.25, -0.2) is 8.78 Å². The van der Waals surface area contributed by atoms with Gasteiger partial charge < -0.3 is 15.2 Å². The molecule has 1 heterocycles. The first-order valence-corrected chi connectivity index (χ1v) is 7.12. The van der Waals surface area contributed by atoms with E-state index in [4.69, 9.17) is 9.84 Å². The summed E-state index contributed by atoms with van der Waals surface area (Å²) in [6, 6.07) is 1.67. The molecular weight excluding hydrogens is 332 g/mol. The van der Waals surface area contributed by atoms with Crippen LogP contribution in [0.3, 0.4) is 0 Å². The Morgan fingerprint density at radius 1 is 1.52 bits per heavy atom. The van der Waals surface area contributed by atoms with Crippen LogP contribution in [0, 0.1) is 11.6 Å². The molecular formula is C13H11F2N3O4S. The number of nitrogens with one attached hydrogen (secondary N) is 1. The number of methoxy groups -OCH3 is 1. The average Bonchev–Trinajstić information content (AvgIpc) is 2.80. The van der Waals surface area contributed by atoms with Gasteiger partial charge in [-0.3, -0.25) is 9.59 Å². The van der Waals surface area contributed by atoms with Gasteiger partial charge in [0.05, 0.1) is 25.3 Å². The number of ether oxygens (including phenoxy) is 1. The molecule has 1 aromatic carbocycles. The number of carboxylic acids is 1. The molecule has 0 aliphatic carbocycles. The molecule has 1 aromatic rings. The van der Waals surface area contributed by atoms with Gasteiger partial charge in [-0.1, -0.05) is 11.8 Å². The van der Waals surface area contributed by atoms with Crippen molar-refractivity contribution in [1.29, 1.82) is 0 Å². The van der Waals surface area contributed by atoms with Crippen molar-refractivity contribution in [2.24, 2.45) is 10.2 Å². The molecule has 1 unspecified atom stereocenters. The van der Waals surface area contributed by atoms with E-state index in [9.17, 15) is 18.4 Å². The average molecular weight is 343 g/mol. The molecule has 1 aliphatic heterocycles. The van der Waals surface area contributed by atoms with Gasteiger partial charge in [0.1, 0.15) is 22.6 Å². The zero-order valence-electron chi connectivity index (χ0n) is 11.7. The van der Waals surface area contributed by atoms with Gasteiger partial charge in [-0.2, -0.15) is 5.10 Å². The van der Waals surface area contributed by atoms with E-state index < -0.39 is 28.8 Å². The number of aliphatic carboxylic acids is 1. The summed E-state index contributed by atoms with van der Waals surface area (Å²) in [5, 5.41) is 17.6. The van der Waals surface area contributed by atoms with E-state index in [0.29, 0.717) is 6.07 Å². The van der Waals surface area contributed by atoms with E-state index in [1.165, 1.54) is 7.11 Å². The predicted molar refractivity (Wildman–Crippen MR) is 79.7 cm³/mol. The lowest BCUT2D eigenvalue weighted by Crippen LogP contribution is -2.26. The van der Waals surface area contributed by atoms with Crippen LogP contribution in [0.25, 0.3) is 0 Å². The summed E-state index contributed by atoms with van der Waals surface area (Å²) in [5.41, 5.74) is -0.102. The van der Waals surface area contributed by atoms with Crippen LogP contribution in [0.5, 0.6) is 5.75 Å². The molecule has 122 valence electrons. The van der Waals surface area contributed by atoms with Gasteiger partial charge in [-0.15, -0.1) is 5.10 Å². The summed E-state index contributed by atoms with van der Waals surface area (Å²) < 4.78 is 31.6.